The third-order valence-electron chi connectivity index (χ3n) is 10.9. The van der Waals surface area contributed by atoms with E-state index in [9.17, 15) is 14.7 Å². The van der Waals surface area contributed by atoms with E-state index in [1.54, 1.807) is 0 Å². The largest absolute Gasteiger partial charge is 0.462 e. The molecule has 0 aliphatic heterocycles. The molecule has 0 saturated carbocycles. The van der Waals surface area contributed by atoms with Crippen LogP contribution in [-0.2, 0) is 19.1 Å². The summed E-state index contributed by atoms with van der Waals surface area (Å²) < 4.78 is 10.7. The quantitative estimate of drug-likeness (QED) is 0.0375. The molecule has 0 aliphatic carbocycles. The van der Waals surface area contributed by atoms with E-state index in [0.29, 0.717) is 12.8 Å². The summed E-state index contributed by atoms with van der Waals surface area (Å²) in [6, 6.07) is 0. The molecule has 1 unspecified atom stereocenters. The summed E-state index contributed by atoms with van der Waals surface area (Å²) in [5.41, 5.74) is 0. The SMILES string of the molecule is CC/C=C\C/C=C\C/C=C\C/C=C\C/C=C\C/C=C\C/C=C\CCCCCCCCCCCC(=O)OC(CO)COC(=O)CCCCCCCCC/C=C\CCCCCCCC. The first-order chi connectivity index (χ1) is 30.6. The molecule has 0 heterocycles. The number of carbonyl (C=O) groups is 2. The van der Waals surface area contributed by atoms with E-state index in [1.807, 2.05) is 0 Å². The summed E-state index contributed by atoms with van der Waals surface area (Å²) in [5, 5.41) is 9.62. The Morgan fingerprint density at radius 1 is 0.387 bits per heavy atom. The van der Waals surface area contributed by atoms with E-state index in [4.69, 9.17) is 9.47 Å². The molecular weight excluding hydrogens is 765 g/mol. The monoisotopic (exact) mass is 861 g/mol. The van der Waals surface area contributed by atoms with E-state index in [-0.39, 0.29) is 25.2 Å². The fraction of sp³-hybridized carbons (Fsp3) is 0.684. The van der Waals surface area contributed by atoms with Crippen LogP contribution in [0.4, 0.5) is 0 Å². The van der Waals surface area contributed by atoms with Crippen molar-refractivity contribution in [1.82, 2.24) is 0 Å². The molecule has 0 aromatic carbocycles. The average molecular weight is 861 g/mol. The Hall–Kier alpha value is -3.18. The molecule has 0 radical (unpaired) electrons. The Labute approximate surface area is 383 Å². The number of ether oxygens (including phenoxy) is 2. The van der Waals surface area contributed by atoms with Gasteiger partial charge in [0.1, 0.15) is 6.61 Å². The first-order valence-corrected chi connectivity index (χ1v) is 25.8. The predicted molar refractivity (Wildman–Crippen MR) is 269 cm³/mol. The number of carbonyl (C=O) groups excluding carboxylic acids is 2. The van der Waals surface area contributed by atoms with Crippen molar-refractivity contribution in [2.75, 3.05) is 13.2 Å². The molecule has 0 rings (SSSR count). The third-order valence-corrected chi connectivity index (χ3v) is 10.9. The van der Waals surface area contributed by atoms with Gasteiger partial charge in [0.15, 0.2) is 6.10 Å². The second kappa shape index (κ2) is 52.2. The van der Waals surface area contributed by atoms with Gasteiger partial charge in [0.05, 0.1) is 6.61 Å². The van der Waals surface area contributed by atoms with E-state index >= 15 is 0 Å². The van der Waals surface area contributed by atoms with Crippen LogP contribution in [0.2, 0.25) is 0 Å². The molecule has 0 saturated heterocycles. The zero-order valence-corrected chi connectivity index (χ0v) is 40.4. The molecule has 354 valence electrons. The highest BCUT2D eigenvalue weighted by Crippen LogP contribution is 2.14. The normalized spacial score (nSPS) is 13.0. The molecule has 5 heteroatoms. The summed E-state index contributed by atoms with van der Waals surface area (Å²) in [7, 11) is 0. The van der Waals surface area contributed by atoms with Crippen LogP contribution in [0.15, 0.2) is 97.2 Å². The van der Waals surface area contributed by atoms with Gasteiger partial charge >= 0.3 is 11.9 Å². The van der Waals surface area contributed by atoms with Gasteiger partial charge in [-0.25, -0.2) is 0 Å². The van der Waals surface area contributed by atoms with E-state index in [2.05, 4.69) is 111 Å². The van der Waals surface area contributed by atoms with Gasteiger partial charge in [-0.05, 0) is 96.3 Å². The lowest BCUT2D eigenvalue weighted by atomic mass is 10.1. The Morgan fingerprint density at radius 2 is 0.694 bits per heavy atom. The Balaban J connectivity index is 3.57. The number of aliphatic hydroxyl groups excluding tert-OH is 1. The smallest absolute Gasteiger partial charge is 0.306 e. The minimum Gasteiger partial charge on any atom is -0.462 e. The summed E-state index contributed by atoms with van der Waals surface area (Å²) in [5.74, 6) is -0.604. The topological polar surface area (TPSA) is 72.8 Å². The average Bonchev–Trinajstić information content (AvgIpc) is 3.28. The van der Waals surface area contributed by atoms with Crippen LogP contribution in [-0.4, -0.2) is 36.4 Å². The molecule has 0 aromatic rings. The van der Waals surface area contributed by atoms with E-state index < -0.39 is 6.10 Å². The van der Waals surface area contributed by atoms with Crippen LogP contribution < -0.4 is 0 Å². The number of unbranched alkanes of at least 4 members (excludes halogenated alkanes) is 22. The minimum absolute atomic E-state index is 0.0743. The summed E-state index contributed by atoms with van der Waals surface area (Å²) in [6.45, 7) is 4.02. The van der Waals surface area contributed by atoms with Crippen molar-refractivity contribution in [1.29, 1.82) is 0 Å². The van der Waals surface area contributed by atoms with Crippen LogP contribution in [0.5, 0.6) is 0 Å². The van der Waals surface area contributed by atoms with Gasteiger partial charge in [0.25, 0.3) is 0 Å². The van der Waals surface area contributed by atoms with Gasteiger partial charge in [-0.15, -0.1) is 0 Å². The molecule has 1 N–H and O–H groups in total. The van der Waals surface area contributed by atoms with Crippen molar-refractivity contribution < 1.29 is 24.2 Å². The summed E-state index contributed by atoms with van der Waals surface area (Å²) in [6.07, 6.45) is 73.5. The van der Waals surface area contributed by atoms with E-state index in [0.717, 1.165) is 89.9 Å². The second-order valence-corrected chi connectivity index (χ2v) is 16.9. The molecule has 0 fully saturated rings. The van der Waals surface area contributed by atoms with Gasteiger partial charge in [-0.3, -0.25) is 9.59 Å². The molecule has 1 atom stereocenters. The Morgan fingerprint density at radius 3 is 1.06 bits per heavy atom. The molecule has 0 amide bonds. The zero-order valence-electron chi connectivity index (χ0n) is 40.4. The maximum Gasteiger partial charge on any atom is 0.306 e. The lowest BCUT2D eigenvalue weighted by Crippen LogP contribution is -2.28. The maximum atomic E-state index is 12.3. The van der Waals surface area contributed by atoms with Crippen molar-refractivity contribution in [2.24, 2.45) is 0 Å². The van der Waals surface area contributed by atoms with Crippen LogP contribution in [0.3, 0.4) is 0 Å². The molecule has 0 aliphatic rings. The van der Waals surface area contributed by atoms with Crippen molar-refractivity contribution in [3.63, 3.8) is 0 Å². The molecule has 62 heavy (non-hydrogen) atoms. The lowest BCUT2D eigenvalue weighted by molar-refractivity contribution is -0.161. The third kappa shape index (κ3) is 49.5. The summed E-state index contributed by atoms with van der Waals surface area (Å²) >= 11 is 0. The number of hydrogen-bond acceptors (Lipinski definition) is 5. The predicted octanol–water partition coefficient (Wildman–Crippen LogP) is 17.2. The zero-order chi connectivity index (χ0) is 44.9. The van der Waals surface area contributed by atoms with Crippen LogP contribution >= 0.6 is 0 Å². The number of esters is 2. The fourth-order valence-corrected chi connectivity index (χ4v) is 7.00. The van der Waals surface area contributed by atoms with Crippen molar-refractivity contribution in [3.8, 4) is 0 Å². The first-order valence-electron chi connectivity index (χ1n) is 25.8. The van der Waals surface area contributed by atoms with Crippen LogP contribution in [0, 0.1) is 0 Å². The number of aliphatic hydroxyl groups is 1. The molecule has 0 aromatic heterocycles. The van der Waals surface area contributed by atoms with Crippen molar-refractivity contribution >= 4 is 11.9 Å². The first kappa shape index (κ1) is 58.8. The highest BCUT2D eigenvalue weighted by atomic mass is 16.6. The molecule has 5 nitrogen and oxygen atoms in total. The lowest BCUT2D eigenvalue weighted by Gasteiger charge is -2.15. The van der Waals surface area contributed by atoms with Crippen LogP contribution in [0.1, 0.15) is 232 Å². The van der Waals surface area contributed by atoms with Gasteiger partial charge in [-0.2, -0.15) is 0 Å². The number of allylic oxidation sites excluding steroid dienone is 16. The van der Waals surface area contributed by atoms with Gasteiger partial charge in [-0.1, -0.05) is 220 Å². The molecule has 0 bridgehead atoms. The van der Waals surface area contributed by atoms with Gasteiger partial charge in [0, 0.05) is 12.8 Å². The fourth-order valence-electron chi connectivity index (χ4n) is 7.00. The van der Waals surface area contributed by atoms with Crippen LogP contribution in [0.25, 0.3) is 0 Å². The van der Waals surface area contributed by atoms with Crippen molar-refractivity contribution in [3.05, 3.63) is 97.2 Å². The number of hydrogen-bond donors (Lipinski definition) is 1. The number of rotatable bonds is 46. The maximum absolute atomic E-state index is 12.3. The van der Waals surface area contributed by atoms with Gasteiger partial charge < -0.3 is 14.6 Å². The van der Waals surface area contributed by atoms with Gasteiger partial charge in [0.2, 0.25) is 0 Å². The van der Waals surface area contributed by atoms with E-state index in [1.165, 1.54) is 116 Å². The molecular formula is C57H96O5. The Kier molecular flexibility index (Phi) is 49.5. The minimum atomic E-state index is -0.782. The highest BCUT2D eigenvalue weighted by molar-refractivity contribution is 5.70. The van der Waals surface area contributed by atoms with Crippen molar-refractivity contribution in [2.45, 2.75) is 238 Å². The second-order valence-electron chi connectivity index (χ2n) is 16.9. The standard InChI is InChI=1S/C57H96O5/c1-3-5-7-9-11-13-15-17-19-21-22-23-24-25-26-27-28-29-30-31-32-33-34-36-38-40-42-44-46-48-50-52-57(60)62-55(53-58)54-61-56(59)51-49-47-45-43-41-39-37-35-20-18-16-14-12-10-8-6-4-2/h5,7,11,13,17-20,22-23,25-26,28-29,31-32,55,58H,3-4,6,8-10,12,14-16,21,24,27,30,33-54H2,1-2H3/b7-5-,13-11-,19-17-,20-18-,23-22-,26-25-,29-28-,32-31-. The highest BCUT2D eigenvalue weighted by Gasteiger charge is 2.16. The molecule has 0 spiro atoms. The Bertz CT molecular complexity index is 1200. The summed E-state index contributed by atoms with van der Waals surface area (Å²) in [4.78, 5) is 24.4.